The van der Waals surface area contributed by atoms with Crippen LogP contribution in [0.5, 0.6) is 0 Å². The van der Waals surface area contributed by atoms with Crippen LogP contribution in [0.15, 0.2) is 30.3 Å². The Balaban J connectivity index is 1.97. The van der Waals surface area contributed by atoms with Crippen LogP contribution in [0.25, 0.3) is 0 Å². The van der Waals surface area contributed by atoms with Gasteiger partial charge in [-0.3, -0.25) is 4.79 Å². The molecule has 22 heavy (non-hydrogen) atoms. The minimum Gasteiger partial charge on any atom is -0.354 e. The molecule has 1 aromatic carbocycles. The van der Waals surface area contributed by atoms with E-state index in [4.69, 9.17) is 0 Å². The van der Waals surface area contributed by atoms with Crippen LogP contribution >= 0.6 is 0 Å². The summed E-state index contributed by atoms with van der Waals surface area (Å²) >= 11 is 0. The van der Waals surface area contributed by atoms with Gasteiger partial charge in [0.25, 0.3) is 0 Å². The summed E-state index contributed by atoms with van der Waals surface area (Å²) < 4.78 is 0. The van der Waals surface area contributed by atoms with Crippen molar-refractivity contribution in [2.24, 2.45) is 5.92 Å². The zero-order valence-electron chi connectivity index (χ0n) is 14.1. The van der Waals surface area contributed by atoms with E-state index in [0.717, 1.165) is 26.2 Å². The first-order chi connectivity index (χ1) is 10.8. The largest absolute Gasteiger partial charge is 0.354 e. The maximum absolute atomic E-state index is 12.8. The number of carbonyl (C=O) groups is 1. The Hall–Kier alpha value is -1.35. The first-order valence-corrected chi connectivity index (χ1v) is 8.81. The molecule has 122 valence electrons. The number of amides is 1. The van der Waals surface area contributed by atoms with Crippen molar-refractivity contribution in [3.8, 4) is 0 Å². The van der Waals surface area contributed by atoms with Gasteiger partial charge in [-0.1, -0.05) is 57.0 Å². The minimum absolute atomic E-state index is 0.0282. The van der Waals surface area contributed by atoms with E-state index in [1.54, 1.807) is 0 Å². The van der Waals surface area contributed by atoms with Gasteiger partial charge < -0.3 is 10.2 Å². The summed E-state index contributed by atoms with van der Waals surface area (Å²) in [5.74, 6) is 0.751. The Bertz CT molecular complexity index is 436. The van der Waals surface area contributed by atoms with Crippen molar-refractivity contribution in [1.82, 2.24) is 10.2 Å². The fraction of sp³-hybridized carbons (Fsp3) is 0.632. The molecule has 0 spiro atoms. The first kappa shape index (κ1) is 17.0. The molecule has 3 nitrogen and oxygen atoms in total. The molecule has 1 atom stereocenters. The van der Waals surface area contributed by atoms with Gasteiger partial charge in [0.2, 0.25) is 5.91 Å². The van der Waals surface area contributed by atoms with Crippen molar-refractivity contribution in [3.63, 3.8) is 0 Å². The van der Waals surface area contributed by atoms with E-state index in [1.165, 1.54) is 31.2 Å². The van der Waals surface area contributed by atoms with E-state index in [2.05, 4.69) is 36.2 Å². The van der Waals surface area contributed by atoms with E-state index in [0.29, 0.717) is 5.92 Å². The van der Waals surface area contributed by atoms with E-state index in [-0.39, 0.29) is 11.8 Å². The van der Waals surface area contributed by atoms with Gasteiger partial charge in [-0.2, -0.15) is 0 Å². The molecule has 0 aromatic heterocycles. The molecule has 1 aromatic rings. The highest BCUT2D eigenvalue weighted by atomic mass is 16.1. The van der Waals surface area contributed by atoms with Crippen LogP contribution in [0.4, 0.5) is 0 Å². The molecule has 0 radical (unpaired) electrons. The van der Waals surface area contributed by atoms with Crippen LogP contribution in [-0.4, -0.2) is 37.0 Å². The van der Waals surface area contributed by atoms with Gasteiger partial charge in [0.15, 0.2) is 0 Å². The van der Waals surface area contributed by atoms with Crippen LogP contribution in [-0.2, 0) is 4.79 Å². The SMILES string of the molecule is CCN(CC)CCNC(=O)C(c1ccccc1)C1CCCC1. The Labute approximate surface area is 135 Å². The normalized spacial score (nSPS) is 16.9. The van der Waals surface area contributed by atoms with Gasteiger partial charge in [0.1, 0.15) is 0 Å². The summed E-state index contributed by atoms with van der Waals surface area (Å²) in [6, 6.07) is 10.3. The predicted octanol–water partition coefficient (Wildman–Crippen LogP) is 3.42. The summed E-state index contributed by atoms with van der Waals surface area (Å²) in [5, 5.41) is 3.18. The third kappa shape index (κ3) is 4.57. The Kier molecular flexibility index (Phi) is 6.91. The lowest BCUT2D eigenvalue weighted by molar-refractivity contribution is -0.123. The van der Waals surface area contributed by atoms with Gasteiger partial charge in [-0.15, -0.1) is 0 Å². The molecule has 0 heterocycles. The second kappa shape index (κ2) is 8.94. The number of likely N-dealkylation sites (N-methyl/N-ethyl adjacent to an activating group) is 1. The van der Waals surface area contributed by atoms with Crippen molar-refractivity contribution >= 4 is 5.91 Å². The van der Waals surface area contributed by atoms with Crippen molar-refractivity contribution in [3.05, 3.63) is 35.9 Å². The number of nitrogens with zero attached hydrogens (tertiary/aromatic N) is 1. The summed E-state index contributed by atoms with van der Waals surface area (Å²) in [4.78, 5) is 15.1. The van der Waals surface area contributed by atoms with Crippen LogP contribution in [0.3, 0.4) is 0 Å². The molecule has 1 aliphatic rings. The van der Waals surface area contributed by atoms with Crippen molar-refractivity contribution < 1.29 is 4.79 Å². The topological polar surface area (TPSA) is 32.3 Å². The molecule has 0 aliphatic heterocycles. The van der Waals surface area contributed by atoms with Crippen LogP contribution in [0, 0.1) is 5.92 Å². The number of hydrogen-bond acceptors (Lipinski definition) is 2. The number of rotatable bonds is 8. The van der Waals surface area contributed by atoms with Crippen molar-refractivity contribution in [1.29, 1.82) is 0 Å². The van der Waals surface area contributed by atoms with E-state index < -0.39 is 0 Å². The number of benzene rings is 1. The highest BCUT2D eigenvalue weighted by Crippen LogP contribution is 2.37. The summed E-state index contributed by atoms with van der Waals surface area (Å²) in [5.41, 5.74) is 1.18. The molecular weight excluding hydrogens is 272 g/mol. The molecular formula is C19H30N2O. The standard InChI is InChI=1S/C19H30N2O/c1-3-21(4-2)15-14-20-19(22)18(17-12-8-9-13-17)16-10-6-5-7-11-16/h5-7,10-11,17-18H,3-4,8-9,12-15H2,1-2H3,(H,20,22). The summed E-state index contributed by atoms with van der Waals surface area (Å²) in [7, 11) is 0. The lowest BCUT2D eigenvalue weighted by Gasteiger charge is -2.24. The number of carbonyl (C=O) groups excluding carboxylic acids is 1. The smallest absolute Gasteiger partial charge is 0.227 e. The molecule has 1 N–H and O–H groups in total. The molecule has 1 fully saturated rings. The number of nitrogens with one attached hydrogen (secondary N) is 1. The predicted molar refractivity (Wildman–Crippen MR) is 91.9 cm³/mol. The second-order valence-electron chi connectivity index (χ2n) is 6.25. The van der Waals surface area contributed by atoms with Crippen LogP contribution < -0.4 is 5.32 Å². The fourth-order valence-corrected chi connectivity index (χ4v) is 3.58. The first-order valence-electron chi connectivity index (χ1n) is 8.81. The molecule has 0 bridgehead atoms. The lowest BCUT2D eigenvalue weighted by atomic mass is 9.84. The van der Waals surface area contributed by atoms with Gasteiger partial charge >= 0.3 is 0 Å². The van der Waals surface area contributed by atoms with Crippen LogP contribution in [0.1, 0.15) is 51.0 Å². The van der Waals surface area contributed by atoms with Gasteiger partial charge in [-0.25, -0.2) is 0 Å². The van der Waals surface area contributed by atoms with Crippen molar-refractivity contribution in [2.45, 2.75) is 45.4 Å². The maximum atomic E-state index is 12.8. The zero-order chi connectivity index (χ0) is 15.8. The highest BCUT2D eigenvalue weighted by molar-refractivity contribution is 5.84. The molecule has 3 heteroatoms. The van der Waals surface area contributed by atoms with E-state index in [9.17, 15) is 4.79 Å². The van der Waals surface area contributed by atoms with E-state index >= 15 is 0 Å². The Morgan fingerprint density at radius 2 is 1.82 bits per heavy atom. The second-order valence-corrected chi connectivity index (χ2v) is 6.25. The monoisotopic (exact) mass is 302 g/mol. The summed E-state index contributed by atoms with van der Waals surface area (Å²) in [6.07, 6.45) is 4.90. The van der Waals surface area contributed by atoms with Crippen LogP contribution in [0.2, 0.25) is 0 Å². The molecule has 0 saturated heterocycles. The average Bonchev–Trinajstić information content (AvgIpc) is 3.07. The van der Waals surface area contributed by atoms with Crippen molar-refractivity contribution in [2.75, 3.05) is 26.2 Å². The maximum Gasteiger partial charge on any atom is 0.227 e. The number of hydrogen-bond donors (Lipinski definition) is 1. The average molecular weight is 302 g/mol. The van der Waals surface area contributed by atoms with Gasteiger partial charge in [-0.05, 0) is 37.4 Å². The zero-order valence-corrected chi connectivity index (χ0v) is 14.1. The Morgan fingerprint density at radius 1 is 1.18 bits per heavy atom. The molecule has 1 aliphatic carbocycles. The lowest BCUT2D eigenvalue weighted by Crippen LogP contribution is -2.38. The molecule has 1 unspecified atom stereocenters. The third-order valence-corrected chi connectivity index (χ3v) is 4.93. The summed E-state index contributed by atoms with van der Waals surface area (Å²) in [6.45, 7) is 8.09. The molecule has 1 saturated carbocycles. The fourth-order valence-electron chi connectivity index (χ4n) is 3.58. The quantitative estimate of drug-likeness (QED) is 0.798. The third-order valence-electron chi connectivity index (χ3n) is 4.93. The molecule has 2 rings (SSSR count). The van der Waals surface area contributed by atoms with Gasteiger partial charge in [0, 0.05) is 13.1 Å². The Morgan fingerprint density at radius 3 is 2.41 bits per heavy atom. The minimum atomic E-state index is 0.0282. The molecule has 1 amide bonds. The highest BCUT2D eigenvalue weighted by Gasteiger charge is 2.31. The van der Waals surface area contributed by atoms with E-state index in [1.807, 2.05) is 18.2 Å². The van der Waals surface area contributed by atoms with Gasteiger partial charge in [0.05, 0.1) is 5.92 Å².